The predicted octanol–water partition coefficient (Wildman–Crippen LogP) is 1.81. The van der Waals surface area contributed by atoms with Gasteiger partial charge < -0.3 is 9.88 Å². The molecule has 1 amide bonds. The smallest absolute Gasteiger partial charge is 0.342 e. The van der Waals surface area contributed by atoms with Gasteiger partial charge in [0.2, 0.25) is 5.91 Å². The molecule has 0 aromatic carbocycles. The van der Waals surface area contributed by atoms with E-state index in [0.717, 1.165) is 42.9 Å². The molecule has 6 heteroatoms. The SMILES string of the molecule is Cc1nc(=O)[nH]c(C)c1CCC(=O)N1CCC(Cc2ccccn2)C1. The molecule has 1 unspecified atom stereocenters. The molecule has 2 aromatic heterocycles. The van der Waals surface area contributed by atoms with Crippen LogP contribution in [0.2, 0.25) is 0 Å². The van der Waals surface area contributed by atoms with E-state index >= 15 is 0 Å². The number of H-pyrrole nitrogens is 1. The van der Waals surface area contributed by atoms with Gasteiger partial charge in [-0.3, -0.25) is 9.78 Å². The number of rotatable bonds is 5. The highest BCUT2D eigenvalue weighted by Gasteiger charge is 2.26. The van der Waals surface area contributed by atoms with Gasteiger partial charge in [-0.05, 0) is 56.7 Å². The molecular formula is C19H24N4O2. The Kier molecular flexibility index (Phi) is 5.26. The molecule has 3 heterocycles. The van der Waals surface area contributed by atoms with Gasteiger partial charge in [0.25, 0.3) is 0 Å². The van der Waals surface area contributed by atoms with Crippen LogP contribution in [-0.4, -0.2) is 38.8 Å². The number of pyridine rings is 1. The molecule has 1 N–H and O–H groups in total. The number of nitrogens with zero attached hydrogens (tertiary/aromatic N) is 3. The van der Waals surface area contributed by atoms with Crippen LogP contribution >= 0.6 is 0 Å². The lowest BCUT2D eigenvalue weighted by molar-refractivity contribution is -0.130. The first kappa shape index (κ1) is 17.3. The number of carbonyl (C=O) groups is 1. The summed E-state index contributed by atoms with van der Waals surface area (Å²) in [5.41, 5.74) is 3.25. The van der Waals surface area contributed by atoms with Crippen molar-refractivity contribution in [3.8, 4) is 0 Å². The molecule has 25 heavy (non-hydrogen) atoms. The Morgan fingerprint density at radius 1 is 1.36 bits per heavy atom. The molecule has 1 atom stereocenters. The standard InChI is InChI=1S/C19H24N4O2/c1-13-17(14(2)22-19(25)21-13)6-7-18(24)23-10-8-15(12-23)11-16-5-3-4-9-20-16/h3-5,9,15H,6-8,10-12H2,1-2H3,(H,21,22,25). The maximum absolute atomic E-state index is 12.5. The lowest BCUT2D eigenvalue weighted by Crippen LogP contribution is -2.29. The second kappa shape index (κ2) is 7.59. The van der Waals surface area contributed by atoms with Gasteiger partial charge in [0.05, 0.1) is 0 Å². The largest absolute Gasteiger partial charge is 0.345 e. The molecule has 0 spiro atoms. The number of aromatic amines is 1. The average Bonchev–Trinajstić information content (AvgIpc) is 3.03. The molecule has 3 rings (SSSR count). The van der Waals surface area contributed by atoms with E-state index in [1.165, 1.54) is 0 Å². The zero-order chi connectivity index (χ0) is 17.8. The van der Waals surface area contributed by atoms with Crippen LogP contribution in [0.3, 0.4) is 0 Å². The highest BCUT2D eigenvalue weighted by molar-refractivity contribution is 5.76. The van der Waals surface area contributed by atoms with Crippen molar-refractivity contribution < 1.29 is 4.79 Å². The maximum Gasteiger partial charge on any atom is 0.345 e. The van der Waals surface area contributed by atoms with E-state index in [-0.39, 0.29) is 11.6 Å². The Morgan fingerprint density at radius 2 is 2.20 bits per heavy atom. The Bertz CT molecular complexity index is 775. The Balaban J connectivity index is 1.54. The fourth-order valence-corrected chi connectivity index (χ4v) is 3.55. The van der Waals surface area contributed by atoms with Crippen LogP contribution in [0.1, 0.15) is 35.5 Å². The van der Waals surface area contributed by atoms with Gasteiger partial charge in [0, 0.05) is 42.8 Å². The third-order valence-corrected chi connectivity index (χ3v) is 4.90. The summed E-state index contributed by atoms with van der Waals surface area (Å²) in [5.74, 6) is 0.658. The summed E-state index contributed by atoms with van der Waals surface area (Å²) >= 11 is 0. The van der Waals surface area contributed by atoms with E-state index in [0.29, 0.717) is 24.5 Å². The molecule has 132 valence electrons. The summed E-state index contributed by atoms with van der Waals surface area (Å²) in [4.78, 5) is 36.8. The maximum atomic E-state index is 12.5. The normalized spacial score (nSPS) is 17.0. The summed E-state index contributed by atoms with van der Waals surface area (Å²) in [5, 5.41) is 0. The van der Waals surface area contributed by atoms with Crippen LogP contribution in [0.25, 0.3) is 0 Å². The summed E-state index contributed by atoms with van der Waals surface area (Å²) in [6.07, 6.45) is 4.83. The highest BCUT2D eigenvalue weighted by Crippen LogP contribution is 2.21. The van der Waals surface area contributed by atoms with Crippen molar-refractivity contribution in [1.82, 2.24) is 19.9 Å². The highest BCUT2D eigenvalue weighted by atomic mass is 16.2. The molecule has 1 aliphatic heterocycles. The monoisotopic (exact) mass is 340 g/mol. The summed E-state index contributed by atoms with van der Waals surface area (Å²) in [6, 6.07) is 5.96. The van der Waals surface area contributed by atoms with Crippen molar-refractivity contribution in [1.29, 1.82) is 0 Å². The molecule has 2 aromatic rings. The second-order valence-electron chi connectivity index (χ2n) is 6.75. The Labute approximate surface area is 147 Å². The van der Waals surface area contributed by atoms with E-state index in [2.05, 4.69) is 15.0 Å². The van der Waals surface area contributed by atoms with Crippen LogP contribution in [0.15, 0.2) is 29.2 Å². The van der Waals surface area contributed by atoms with Gasteiger partial charge in [0.1, 0.15) is 0 Å². The number of hydrogen-bond acceptors (Lipinski definition) is 4. The number of nitrogens with one attached hydrogen (secondary N) is 1. The molecule has 0 bridgehead atoms. The summed E-state index contributed by atoms with van der Waals surface area (Å²) in [7, 11) is 0. The van der Waals surface area contributed by atoms with Crippen molar-refractivity contribution in [3.63, 3.8) is 0 Å². The van der Waals surface area contributed by atoms with E-state index in [9.17, 15) is 9.59 Å². The first-order chi connectivity index (χ1) is 12.0. The van der Waals surface area contributed by atoms with Crippen molar-refractivity contribution in [2.45, 2.75) is 39.5 Å². The topological polar surface area (TPSA) is 79.0 Å². The second-order valence-corrected chi connectivity index (χ2v) is 6.75. The minimum atomic E-state index is -0.331. The van der Waals surface area contributed by atoms with Crippen LogP contribution in [0.4, 0.5) is 0 Å². The quantitative estimate of drug-likeness (QED) is 0.900. The van der Waals surface area contributed by atoms with Crippen molar-refractivity contribution in [2.75, 3.05) is 13.1 Å². The first-order valence-corrected chi connectivity index (χ1v) is 8.77. The third kappa shape index (κ3) is 4.32. The van der Waals surface area contributed by atoms with Gasteiger partial charge >= 0.3 is 5.69 Å². The zero-order valence-corrected chi connectivity index (χ0v) is 14.8. The third-order valence-electron chi connectivity index (χ3n) is 4.90. The van der Waals surface area contributed by atoms with E-state index in [1.807, 2.05) is 43.1 Å². The minimum absolute atomic E-state index is 0.175. The molecule has 0 radical (unpaired) electrons. The lowest BCUT2D eigenvalue weighted by Gasteiger charge is -2.17. The van der Waals surface area contributed by atoms with Gasteiger partial charge in [-0.2, -0.15) is 4.98 Å². The average molecular weight is 340 g/mol. The number of amides is 1. The van der Waals surface area contributed by atoms with Gasteiger partial charge in [0.15, 0.2) is 0 Å². The van der Waals surface area contributed by atoms with Gasteiger partial charge in [-0.25, -0.2) is 4.79 Å². The molecule has 1 fully saturated rings. The van der Waals surface area contributed by atoms with Crippen LogP contribution in [0, 0.1) is 19.8 Å². The van der Waals surface area contributed by atoms with Crippen LogP contribution < -0.4 is 5.69 Å². The molecular weight excluding hydrogens is 316 g/mol. The van der Waals surface area contributed by atoms with E-state index in [4.69, 9.17) is 0 Å². The van der Waals surface area contributed by atoms with E-state index in [1.54, 1.807) is 0 Å². The van der Waals surface area contributed by atoms with Crippen molar-refractivity contribution >= 4 is 5.91 Å². The number of carbonyl (C=O) groups excluding carboxylic acids is 1. The fraction of sp³-hybridized carbons (Fsp3) is 0.474. The minimum Gasteiger partial charge on any atom is -0.342 e. The summed E-state index contributed by atoms with van der Waals surface area (Å²) < 4.78 is 0. The Morgan fingerprint density at radius 3 is 2.92 bits per heavy atom. The van der Waals surface area contributed by atoms with Crippen LogP contribution in [-0.2, 0) is 17.6 Å². The van der Waals surface area contributed by atoms with Crippen molar-refractivity contribution in [2.24, 2.45) is 5.92 Å². The first-order valence-electron chi connectivity index (χ1n) is 8.77. The lowest BCUT2D eigenvalue weighted by atomic mass is 10.0. The Hall–Kier alpha value is -2.50. The predicted molar refractivity (Wildman–Crippen MR) is 95.3 cm³/mol. The van der Waals surface area contributed by atoms with E-state index < -0.39 is 0 Å². The number of aromatic nitrogens is 3. The molecule has 1 aliphatic rings. The molecule has 0 aliphatic carbocycles. The van der Waals surface area contributed by atoms with Crippen LogP contribution in [0.5, 0.6) is 0 Å². The molecule has 0 saturated carbocycles. The number of hydrogen-bond donors (Lipinski definition) is 1. The number of aryl methyl sites for hydroxylation is 2. The number of likely N-dealkylation sites (tertiary alicyclic amines) is 1. The fourth-order valence-electron chi connectivity index (χ4n) is 3.55. The molecule has 6 nitrogen and oxygen atoms in total. The van der Waals surface area contributed by atoms with Gasteiger partial charge in [-0.15, -0.1) is 0 Å². The van der Waals surface area contributed by atoms with Gasteiger partial charge in [-0.1, -0.05) is 6.07 Å². The zero-order valence-electron chi connectivity index (χ0n) is 14.8. The van der Waals surface area contributed by atoms with Crippen molar-refractivity contribution in [3.05, 3.63) is 57.5 Å². The molecule has 1 saturated heterocycles. The summed E-state index contributed by atoms with van der Waals surface area (Å²) in [6.45, 7) is 5.30.